The summed E-state index contributed by atoms with van der Waals surface area (Å²) in [6.07, 6.45) is 9.09. The first-order chi connectivity index (χ1) is 10.2. The molecule has 0 spiro atoms. The predicted molar refractivity (Wildman–Crippen MR) is 92.2 cm³/mol. The SMILES string of the molecule is O=C(NCC1CCCCCCC1)c1cc(CBr)ccc1Cl. The molecule has 1 aromatic rings. The van der Waals surface area contributed by atoms with E-state index in [4.69, 9.17) is 11.6 Å². The number of rotatable bonds is 4. The van der Waals surface area contributed by atoms with Crippen LogP contribution in [0.4, 0.5) is 0 Å². The van der Waals surface area contributed by atoms with Gasteiger partial charge in [0.05, 0.1) is 10.6 Å². The van der Waals surface area contributed by atoms with Crippen LogP contribution in [-0.4, -0.2) is 12.5 Å². The zero-order valence-electron chi connectivity index (χ0n) is 12.3. The van der Waals surface area contributed by atoms with Crippen LogP contribution in [0.1, 0.15) is 60.9 Å². The van der Waals surface area contributed by atoms with Crippen molar-refractivity contribution in [2.75, 3.05) is 6.54 Å². The Bertz CT molecular complexity index is 470. The van der Waals surface area contributed by atoms with Crippen LogP contribution in [-0.2, 0) is 5.33 Å². The number of halogens is 2. The third kappa shape index (κ3) is 5.30. The molecule has 0 radical (unpaired) electrons. The zero-order chi connectivity index (χ0) is 15.1. The summed E-state index contributed by atoms with van der Waals surface area (Å²) in [5.74, 6) is 0.567. The molecule has 1 amide bonds. The van der Waals surface area contributed by atoms with Crippen LogP contribution in [0.5, 0.6) is 0 Å². The first kappa shape index (κ1) is 16.8. The summed E-state index contributed by atoms with van der Waals surface area (Å²) in [5, 5.41) is 4.32. The van der Waals surface area contributed by atoms with Crippen molar-refractivity contribution in [2.45, 2.75) is 50.3 Å². The lowest BCUT2D eigenvalue weighted by molar-refractivity contribution is 0.0944. The van der Waals surface area contributed by atoms with Crippen molar-refractivity contribution in [3.63, 3.8) is 0 Å². The van der Waals surface area contributed by atoms with E-state index in [9.17, 15) is 4.79 Å². The highest BCUT2D eigenvalue weighted by atomic mass is 79.9. The Morgan fingerprint density at radius 2 is 1.86 bits per heavy atom. The molecular weight excluding hydrogens is 350 g/mol. The fourth-order valence-corrected chi connectivity index (χ4v) is 3.46. The van der Waals surface area contributed by atoms with Gasteiger partial charge in [-0.15, -0.1) is 0 Å². The van der Waals surface area contributed by atoms with E-state index in [-0.39, 0.29) is 5.91 Å². The molecule has 2 nitrogen and oxygen atoms in total. The first-order valence-corrected chi connectivity index (χ1v) is 9.33. The fourth-order valence-electron chi connectivity index (χ4n) is 2.91. The predicted octanol–water partition coefficient (Wildman–Crippen LogP) is 5.33. The van der Waals surface area contributed by atoms with Gasteiger partial charge in [0, 0.05) is 11.9 Å². The highest BCUT2D eigenvalue weighted by molar-refractivity contribution is 9.08. The smallest absolute Gasteiger partial charge is 0.252 e. The lowest BCUT2D eigenvalue weighted by Crippen LogP contribution is -2.30. The van der Waals surface area contributed by atoms with E-state index in [0.717, 1.165) is 17.4 Å². The largest absolute Gasteiger partial charge is 0.352 e. The van der Waals surface area contributed by atoms with Gasteiger partial charge in [-0.2, -0.15) is 0 Å². The Morgan fingerprint density at radius 3 is 2.52 bits per heavy atom. The van der Waals surface area contributed by atoms with E-state index in [1.165, 1.54) is 44.9 Å². The molecule has 0 heterocycles. The molecule has 0 bridgehead atoms. The van der Waals surface area contributed by atoms with Crippen molar-refractivity contribution in [2.24, 2.45) is 5.92 Å². The molecule has 0 aromatic heterocycles. The van der Waals surface area contributed by atoms with Gasteiger partial charge in [-0.3, -0.25) is 4.79 Å². The minimum atomic E-state index is -0.0511. The number of carbonyl (C=O) groups excluding carboxylic acids is 1. The maximum absolute atomic E-state index is 12.3. The van der Waals surface area contributed by atoms with E-state index < -0.39 is 0 Å². The molecule has 1 N–H and O–H groups in total. The Kier molecular flexibility index (Phi) is 7.05. The van der Waals surface area contributed by atoms with E-state index in [1.54, 1.807) is 6.07 Å². The van der Waals surface area contributed by atoms with Crippen molar-refractivity contribution >= 4 is 33.4 Å². The van der Waals surface area contributed by atoms with Gasteiger partial charge in [0.1, 0.15) is 0 Å². The summed E-state index contributed by atoms with van der Waals surface area (Å²) in [5.41, 5.74) is 1.65. The molecule has 1 fully saturated rings. The standard InChI is InChI=1S/C17H23BrClNO/c18-11-14-8-9-16(19)15(10-14)17(21)20-12-13-6-4-2-1-3-5-7-13/h8-10,13H,1-7,11-12H2,(H,20,21). The maximum atomic E-state index is 12.3. The van der Waals surface area contributed by atoms with Crippen LogP contribution in [0.3, 0.4) is 0 Å². The summed E-state index contributed by atoms with van der Waals surface area (Å²) < 4.78 is 0. The number of amides is 1. The number of hydrogen-bond acceptors (Lipinski definition) is 1. The van der Waals surface area contributed by atoms with Gasteiger partial charge in [-0.05, 0) is 36.5 Å². The van der Waals surface area contributed by atoms with Gasteiger partial charge in [0.25, 0.3) is 5.91 Å². The van der Waals surface area contributed by atoms with Gasteiger partial charge >= 0.3 is 0 Å². The molecule has 116 valence electrons. The number of carbonyl (C=O) groups is 1. The Morgan fingerprint density at radius 1 is 1.19 bits per heavy atom. The minimum absolute atomic E-state index is 0.0511. The molecule has 0 saturated heterocycles. The van der Waals surface area contributed by atoms with E-state index >= 15 is 0 Å². The normalized spacial score (nSPS) is 17.0. The summed E-state index contributed by atoms with van der Waals surface area (Å²) in [7, 11) is 0. The highest BCUT2D eigenvalue weighted by Crippen LogP contribution is 2.22. The minimum Gasteiger partial charge on any atom is -0.352 e. The fraction of sp³-hybridized carbons (Fsp3) is 0.588. The Hall–Kier alpha value is -0.540. The molecule has 1 aliphatic rings. The molecule has 1 aromatic carbocycles. The molecule has 0 atom stereocenters. The van der Waals surface area contributed by atoms with Crippen molar-refractivity contribution < 1.29 is 4.79 Å². The number of nitrogens with one attached hydrogen (secondary N) is 1. The summed E-state index contributed by atoms with van der Waals surface area (Å²) >= 11 is 9.55. The highest BCUT2D eigenvalue weighted by Gasteiger charge is 2.15. The first-order valence-electron chi connectivity index (χ1n) is 7.83. The second kappa shape index (κ2) is 8.79. The van der Waals surface area contributed by atoms with Crippen molar-refractivity contribution in [1.29, 1.82) is 0 Å². The third-order valence-corrected chi connectivity index (χ3v) is 5.18. The van der Waals surface area contributed by atoms with E-state index in [2.05, 4.69) is 21.2 Å². The third-order valence-electron chi connectivity index (χ3n) is 4.21. The molecule has 4 heteroatoms. The zero-order valence-corrected chi connectivity index (χ0v) is 14.7. The lowest BCUT2D eigenvalue weighted by atomic mass is 9.91. The van der Waals surface area contributed by atoms with Crippen molar-refractivity contribution in [3.05, 3.63) is 34.3 Å². The van der Waals surface area contributed by atoms with Crippen LogP contribution in [0.15, 0.2) is 18.2 Å². The van der Waals surface area contributed by atoms with Crippen LogP contribution in [0, 0.1) is 5.92 Å². The van der Waals surface area contributed by atoms with Gasteiger partial charge in [-0.1, -0.05) is 65.7 Å². The summed E-state index contributed by atoms with van der Waals surface area (Å²) in [6, 6.07) is 5.59. The number of hydrogen-bond donors (Lipinski definition) is 1. The average Bonchev–Trinajstić information content (AvgIpc) is 2.46. The molecular formula is C17H23BrClNO. The molecule has 21 heavy (non-hydrogen) atoms. The van der Waals surface area contributed by atoms with Crippen molar-refractivity contribution in [1.82, 2.24) is 5.32 Å². The van der Waals surface area contributed by atoms with Gasteiger partial charge in [0.2, 0.25) is 0 Å². The van der Waals surface area contributed by atoms with E-state index in [1.807, 2.05) is 12.1 Å². The quantitative estimate of drug-likeness (QED) is 0.711. The van der Waals surface area contributed by atoms with Crippen LogP contribution in [0.25, 0.3) is 0 Å². The molecule has 0 aliphatic heterocycles. The molecule has 1 aliphatic carbocycles. The van der Waals surface area contributed by atoms with Crippen LogP contribution >= 0.6 is 27.5 Å². The second-order valence-corrected chi connectivity index (χ2v) is 6.84. The molecule has 1 saturated carbocycles. The Balaban J connectivity index is 1.91. The second-order valence-electron chi connectivity index (χ2n) is 5.87. The summed E-state index contributed by atoms with van der Waals surface area (Å²) in [4.78, 5) is 12.3. The number of benzene rings is 1. The van der Waals surface area contributed by atoms with Gasteiger partial charge < -0.3 is 5.32 Å². The Labute approximate surface area is 140 Å². The topological polar surface area (TPSA) is 29.1 Å². The summed E-state index contributed by atoms with van der Waals surface area (Å²) in [6.45, 7) is 0.772. The van der Waals surface area contributed by atoms with Crippen LogP contribution in [0.2, 0.25) is 5.02 Å². The van der Waals surface area contributed by atoms with E-state index in [0.29, 0.717) is 16.5 Å². The monoisotopic (exact) mass is 371 g/mol. The lowest BCUT2D eigenvalue weighted by Gasteiger charge is -2.20. The number of alkyl halides is 1. The van der Waals surface area contributed by atoms with Crippen LogP contribution < -0.4 is 5.32 Å². The molecule has 0 unspecified atom stereocenters. The average molecular weight is 373 g/mol. The molecule has 2 rings (SSSR count). The van der Waals surface area contributed by atoms with Crippen molar-refractivity contribution in [3.8, 4) is 0 Å². The van der Waals surface area contributed by atoms with Gasteiger partial charge in [0.15, 0.2) is 0 Å². The van der Waals surface area contributed by atoms with Gasteiger partial charge in [-0.25, -0.2) is 0 Å². The maximum Gasteiger partial charge on any atom is 0.252 e.